The van der Waals surface area contributed by atoms with Crippen LogP contribution in [0.1, 0.15) is 48.6 Å². The van der Waals surface area contributed by atoms with E-state index >= 15 is 0 Å². The Kier molecular flexibility index (Phi) is 6.24. The van der Waals surface area contributed by atoms with E-state index in [-0.39, 0.29) is 25.0 Å². The van der Waals surface area contributed by atoms with Gasteiger partial charge in [0.25, 0.3) is 0 Å². The van der Waals surface area contributed by atoms with E-state index in [9.17, 15) is 13.2 Å². The molecule has 1 aliphatic rings. The van der Waals surface area contributed by atoms with E-state index in [1.807, 2.05) is 70.2 Å². The highest BCUT2D eigenvalue weighted by Crippen LogP contribution is 2.39. The Hall–Kier alpha value is -2.38. The smallest absolute Gasteiger partial charge is 0.235 e. The van der Waals surface area contributed by atoms with Gasteiger partial charge in [-0.25, -0.2) is 8.42 Å². The minimum absolute atomic E-state index is 0.154. The summed E-state index contributed by atoms with van der Waals surface area (Å²) in [5, 5.41) is 3.03. The average molecular weight is 431 g/mol. The van der Waals surface area contributed by atoms with Gasteiger partial charge < -0.3 is 10.1 Å². The Labute approximate surface area is 179 Å². The van der Waals surface area contributed by atoms with Crippen LogP contribution in [0.15, 0.2) is 42.5 Å². The van der Waals surface area contributed by atoms with Gasteiger partial charge in [0, 0.05) is 18.5 Å². The van der Waals surface area contributed by atoms with Crippen molar-refractivity contribution < 1.29 is 17.9 Å². The molecule has 0 saturated carbocycles. The molecule has 0 saturated heterocycles. The minimum Gasteiger partial charge on any atom is -0.487 e. The molecule has 7 heteroatoms. The Balaban J connectivity index is 1.77. The summed E-state index contributed by atoms with van der Waals surface area (Å²) in [7, 11) is -3.55. The topological polar surface area (TPSA) is 75.7 Å². The van der Waals surface area contributed by atoms with Crippen molar-refractivity contribution in [1.29, 1.82) is 0 Å². The molecule has 162 valence electrons. The maximum Gasteiger partial charge on any atom is 0.235 e. The van der Waals surface area contributed by atoms with Gasteiger partial charge in [0.05, 0.1) is 18.8 Å². The van der Waals surface area contributed by atoms with E-state index in [0.29, 0.717) is 6.42 Å². The summed E-state index contributed by atoms with van der Waals surface area (Å²) in [6.45, 7) is 7.85. The summed E-state index contributed by atoms with van der Waals surface area (Å²) >= 11 is 0. The van der Waals surface area contributed by atoms with Crippen molar-refractivity contribution in [3.8, 4) is 5.75 Å². The zero-order chi connectivity index (χ0) is 22.1. The number of benzene rings is 2. The Morgan fingerprint density at radius 2 is 1.77 bits per heavy atom. The number of nitrogens with zero attached hydrogens (tertiary/aromatic N) is 1. The fraction of sp³-hybridized carbons (Fsp3) is 0.435. The van der Waals surface area contributed by atoms with E-state index in [1.54, 1.807) is 0 Å². The molecule has 0 aromatic heterocycles. The second-order valence-corrected chi connectivity index (χ2v) is 10.7. The predicted molar refractivity (Wildman–Crippen MR) is 118 cm³/mol. The monoisotopic (exact) mass is 430 g/mol. The van der Waals surface area contributed by atoms with Gasteiger partial charge in [-0.15, -0.1) is 0 Å². The summed E-state index contributed by atoms with van der Waals surface area (Å²) in [6, 6.07) is 13.3. The second kappa shape index (κ2) is 8.40. The lowest BCUT2D eigenvalue weighted by Crippen LogP contribution is -2.45. The van der Waals surface area contributed by atoms with Crippen molar-refractivity contribution >= 4 is 15.9 Å². The number of carbonyl (C=O) groups is 1. The fourth-order valence-electron chi connectivity index (χ4n) is 3.69. The molecule has 1 aliphatic heterocycles. The third kappa shape index (κ3) is 5.61. The van der Waals surface area contributed by atoms with Crippen LogP contribution in [0.4, 0.5) is 0 Å². The number of hydrogen-bond donors (Lipinski definition) is 1. The molecule has 2 aromatic rings. The van der Waals surface area contributed by atoms with Gasteiger partial charge in [0.2, 0.25) is 15.9 Å². The lowest BCUT2D eigenvalue weighted by molar-refractivity contribution is -0.122. The number of nitrogens with one attached hydrogen (secondary N) is 1. The molecule has 6 nitrogen and oxygen atoms in total. The Bertz CT molecular complexity index is 1030. The van der Waals surface area contributed by atoms with Crippen LogP contribution in [0.5, 0.6) is 5.75 Å². The highest BCUT2D eigenvalue weighted by atomic mass is 32.2. The first-order valence-electron chi connectivity index (χ1n) is 10.0. The fourth-order valence-corrected chi connectivity index (χ4v) is 4.43. The maximum atomic E-state index is 12.9. The number of aryl methyl sites for hydroxylation is 2. The quantitative estimate of drug-likeness (QED) is 0.761. The molecule has 0 unspecified atom stereocenters. The van der Waals surface area contributed by atoms with Gasteiger partial charge in [0.1, 0.15) is 11.4 Å². The molecule has 30 heavy (non-hydrogen) atoms. The summed E-state index contributed by atoms with van der Waals surface area (Å²) in [4.78, 5) is 12.9. The maximum absolute atomic E-state index is 12.9. The number of fused-ring (bicyclic) bond motifs is 1. The number of sulfonamides is 1. The zero-order valence-electron chi connectivity index (χ0n) is 18.2. The number of rotatable bonds is 6. The summed E-state index contributed by atoms with van der Waals surface area (Å²) in [5.74, 6) is 0.421. The van der Waals surface area contributed by atoms with Crippen LogP contribution in [0.25, 0.3) is 0 Å². The summed E-state index contributed by atoms with van der Waals surface area (Å²) < 4.78 is 31.9. The van der Waals surface area contributed by atoms with E-state index in [4.69, 9.17) is 4.74 Å². The van der Waals surface area contributed by atoms with Crippen molar-refractivity contribution in [2.75, 3.05) is 12.8 Å². The van der Waals surface area contributed by atoms with Gasteiger partial charge in [-0.05, 0) is 39.3 Å². The zero-order valence-corrected chi connectivity index (χ0v) is 19.0. The Morgan fingerprint density at radius 3 is 2.40 bits per heavy atom. The first-order chi connectivity index (χ1) is 13.9. The Morgan fingerprint density at radius 1 is 1.13 bits per heavy atom. The van der Waals surface area contributed by atoms with Gasteiger partial charge >= 0.3 is 0 Å². The highest BCUT2D eigenvalue weighted by Gasteiger charge is 2.35. The number of amides is 1. The van der Waals surface area contributed by atoms with Crippen LogP contribution in [0.2, 0.25) is 0 Å². The van der Waals surface area contributed by atoms with Crippen LogP contribution in [0.3, 0.4) is 0 Å². The van der Waals surface area contributed by atoms with E-state index in [0.717, 1.165) is 34.3 Å². The van der Waals surface area contributed by atoms with Crippen LogP contribution in [-0.4, -0.2) is 37.0 Å². The molecule has 1 atom stereocenters. The standard InChI is InChI=1S/C23H30N2O4S/c1-16-6-9-18(10-7-16)14-25(30(5,27)28)15-22(26)24-20-13-23(3,4)29-21-11-8-17(2)12-19(20)21/h6-12,20H,13-15H2,1-5H3,(H,24,26)/t20-/m0/s1. The molecule has 1 amide bonds. The van der Waals surface area contributed by atoms with Crippen LogP contribution < -0.4 is 10.1 Å². The lowest BCUT2D eigenvalue weighted by Gasteiger charge is -2.38. The molecular weight excluding hydrogens is 400 g/mol. The van der Waals surface area contributed by atoms with E-state index in [2.05, 4.69) is 5.32 Å². The van der Waals surface area contributed by atoms with Crippen molar-refractivity contribution in [2.24, 2.45) is 0 Å². The lowest BCUT2D eigenvalue weighted by atomic mass is 9.89. The molecule has 1 N–H and O–H groups in total. The average Bonchev–Trinajstić information content (AvgIpc) is 2.62. The predicted octanol–water partition coefficient (Wildman–Crippen LogP) is 3.48. The SMILES string of the molecule is Cc1ccc(CN(CC(=O)N[C@H]2CC(C)(C)Oc3ccc(C)cc32)S(C)(=O)=O)cc1. The highest BCUT2D eigenvalue weighted by molar-refractivity contribution is 7.88. The van der Waals surface area contributed by atoms with Crippen molar-refractivity contribution in [2.45, 2.75) is 52.3 Å². The molecule has 0 aliphatic carbocycles. The van der Waals surface area contributed by atoms with Gasteiger partial charge in [-0.2, -0.15) is 4.31 Å². The van der Waals surface area contributed by atoms with Gasteiger partial charge in [0.15, 0.2) is 0 Å². The number of ether oxygens (including phenoxy) is 1. The third-order valence-corrected chi connectivity index (χ3v) is 6.42. The van der Waals surface area contributed by atoms with Gasteiger partial charge in [-0.1, -0.05) is 47.5 Å². The van der Waals surface area contributed by atoms with E-state index < -0.39 is 15.6 Å². The van der Waals surface area contributed by atoms with Crippen molar-refractivity contribution in [1.82, 2.24) is 9.62 Å². The molecule has 0 fully saturated rings. The van der Waals surface area contributed by atoms with Crippen LogP contribution >= 0.6 is 0 Å². The summed E-state index contributed by atoms with van der Waals surface area (Å²) in [6.07, 6.45) is 1.73. The van der Waals surface area contributed by atoms with Crippen LogP contribution in [0, 0.1) is 13.8 Å². The molecule has 2 aromatic carbocycles. The molecule has 0 radical (unpaired) electrons. The van der Waals surface area contributed by atoms with Gasteiger partial charge in [-0.3, -0.25) is 4.79 Å². The third-order valence-electron chi connectivity index (χ3n) is 5.23. The number of hydrogen-bond acceptors (Lipinski definition) is 4. The molecule has 3 rings (SSSR count). The normalized spacial score (nSPS) is 17.9. The summed E-state index contributed by atoms with van der Waals surface area (Å²) in [5.41, 5.74) is 3.50. The number of carbonyl (C=O) groups excluding carboxylic acids is 1. The first-order valence-corrected chi connectivity index (χ1v) is 11.9. The largest absolute Gasteiger partial charge is 0.487 e. The van der Waals surface area contributed by atoms with Crippen molar-refractivity contribution in [3.63, 3.8) is 0 Å². The minimum atomic E-state index is -3.55. The second-order valence-electron chi connectivity index (χ2n) is 8.74. The molecule has 1 heterocycles. The first kappa shape index (κ1) is 22.3. The van der Waals surface area contributed by atoms with Crippen LogP contribution in [-0.2, 0) is 21.4 Å². The molecule has 0 bridgehead atoms. The molecular formula is C23H30N2O4S. The van der Waals surface area contributed by atoms with E-state index in [1.165, 1.54) is 4.31 Å². The van der Waals surface area contributed by atoms with Crippen molar-refractivity contribution in [3.05, 3.63) is 64.7 Å². The molecule has 0 spiro atoms.